The van der Waals surface area contributed by atoms with Crippen molar-refractivity contribution in [1.82, 2.24) is 0 Å². The molecule has 0 aromatic heterocycles. The topological polar surface area (TPSA) is 49.3 Å². The van der Waals surface area contributed by atoms with E-state index in [1.54, 1.807) is 0 Å². The average Bonchev–Trinajstić information content (AvgIpc) is 2.29. The van der Waals surface area contributed by atoms with Crippen LogP contribution in [0.15, 0.2) is 18.2 Å². The fourth-order valence-corrected chi connectivity index (χ4v) is 1.73. The number of anilines is 1. The van der Waals surface area contributed by atoms with Gasteiger partial charge in [-0.25, -0.2) is 0 Å². The molecule has 7 heteroatoms. The van der Waals surface area contributed by atoms with Crippen molar-refractivity contribution in [2.75, 3.05) is 5.32 Å². The summed E-state index contributed by atoms with van der Waals surface area (Å²) in [6.07, 6.45) is -5.61. The molecule has 20 heavy (non-hydrogen) atoms. The monoisotopic (exact) mass is 309 g/mol. The molecular weight excluding hydrogens is 295 g/mol. The Morgan fingerprint density at radius 3 is 2.50 bits per heavy atom. The number of aliphatic hydroxyl groups excluding tert-OH is 1. The van der Waals surface area contributed by atoms with Gasteiger partial charge in [-0.1, -0.05) is 25.4 Å². The summed E-state index contributed by atoms with van der Waals surface area (Å²) in [7, 11) is 0. The molecular formula is C13H15ClF3NO2. The number of aliphatic hydroxyl groups is 1. The van der Waals surface area contributed by atoms with Crippen LogP contribution in [0.1, 0.15) is 25.8 Å². The van der Waals surface area contributed by atoms with Gasteiger partial charge >= 0.3 is 6.18 Å². The van der Waals surface area contributed by atoms with Gasteiger partial charge in [0.25, 0.3) is 5.91 Å². The normalized spacial score (nSPS) is 13.4. The molecule has 112 valence electrons. The summed E-state index contributed by atoms with van der Waals surface area (Å²) in [5.41, 5.74) is -1.09. The smallest absolute Gasteiger partial charge is 0.383 e. The molecule has 3 nitrogen and oxygen atoms in total. The fourth-order valence-electron chi connectivity index (χ4n) is 1.57. The zero-order valence-corrected chi connectivity index (χ0v) is 11.7. The van der Waals surface area contributed by atoms with Crippen LogP contribution in [0.5, 0.6) is 0 Å². The minimum atomic E-state index is -4.53. The fraction of sp³-hybridized carbons (Fsp3) is 0.462. The van der Waals surface area contributed by atoms with E-state index < -0.39 is 23.8 Å². The van der Waals surface area contributed by atoms with Crippen LogP contribution in [-0.2, 0) is 11.0 Å². The van der Waals surface area contributed by atoms with Gasteiger partial charge in [-0.3, -0.25) is 4.79 Å². The largest absolute Gasteiger partial charge is 0.416 e. The number of rotatable bonds is 4. The molecule has 1 unspecified atom stereocenters. The van der Waals surface area contributed by atoms with Crippen LogP contribution in [0.25, 0.3) is 0 Å². The van der Waals surface area contributed by atoms with E-state index in [0.29, 0.717) is 0 Å². The summed E-state index contributed by atoms with van der Waals surface area (Å²) >= 11 is 5.74. The number of amides is 1. The maximum atomic E-state index is 12.6. The minimum Gasteiger partial charge on any atom is -0.383 e. The molecule has 0 radical (unpaired) electrons. The molecule has 1 aromatic carbocycles. The lowest BCUT2D eigenvalue weighted by Crippen LogP contribution is -2.29. The lowest BCUT2D eigenvalue weighted by Gasteiger charge is -2.15. The highest BCUT2D eigenvalue weighted by Crippen LogP contribution is 2.33. The second kappa shape index (κ2) is 6.45. The van der Waals surface area contributed by atoms with Gasteiger partial charge in [0.1, 0.15) is 6.10 Å². The molecule has 1 aromatic rings. The van der Waals surface area contributed by atoms with E-state index in [0.717, 1.165) is 18.2 Å². The van der Waals surface area contributed by atoms with Crippen LogP contribution in [-0.4, -0.2) is 17.1 Å². The predicted molar refractivity (Wildman–Crippen MR) is 70.5 cm³/mol. The third-order valence-corrected chi connectivity index (χ3v) is 2.88. The first-order chi connectivity index (χ1) is 9.11. The van der Waals surface area contributed by atoms with E-state index in [1.807, 2.05) is 13.8 Å². The molecule has 0 saturated heterocycles. The SMILES string of the molecule is CC(C)CC(O)C(=O)Nc1cc(C(F)(F)F)ccc1Cl. The summed E-state index contributed by atoms with van der Waals surface area (Å²) in [4.78, 5) is 11.7. The van der Waals surface area contributed by atoms with Crippen LogP contribution in [0, 0.1) is 5.92 Å². The number of alkyl halides is 3. The maximum absolute atomic E-state index is 12.6. The van der Waals surface area contributed by atoms with Crippen LogP contribution < -0.4 is 5.32 Å². The lowest BCUT2D eigenvalue weighted by molar-refractivity contribution is -0.137. The Hall–Kier alpha value is -1.27. The Balaban J connectivity index is 2.89. The van der Waals surface area contributed by atoms with Gasteiger partial charge in [0.15, 0.2) is 0 Å². The molecule has 0 heterocycles. The van der Waals surface area contributed by atoms with E-state index >= 15 is 0 Å². The van der Waals surface area contributed by atoms with Crippen molar-refractivity contribution in [2.24, 2.45) is 5.92 Å². The molecule has 0 saturated carbocycles. The van der Waals surface area contributed by atoms with Crippen molar-refractivity contribution in [3.8, 4) is 0 Å². The third-order valence-electron chi connectivity index (χ3n) is 2.55. The minimum absolute atomic E-state index is 0.0249. The van der Waals surface area contributed by atoms with E-state index in [2.05, 4.69) is 5.32 Å². The van der Waals surface area contributed by atoms with Gasteiger partial charge in [0, 0.05) is 0 Å². The number of carbonyl (C=O) groups is 1. The molecule has 0 aliphatic carbocycles. The van der Waals surface area contributed by atoms with Gasteiger partial charge in [-0.15, -0.1) is 0 Å². The first-order valence-corrected chi connectivity index (χ1v) is 6.34. The van der Waals surface area contributed by atoms with Crippen molar-refractivity contribution in [2.45, 2.75) is 32.5 Å². The number of benzene rings is 1. The van der Waals surface area contributed by atoms with Crippen molar-refractivity contribution in [3.63, 3.8) is 0 Å². The summed E-state index contributed by atoms with van der Waals surface area (Å²) in [5, 5.41) is 11.8. The zero-order chi connectivity index (χ0) is 15.5. The zero-order valence-electron chi connectivity index (χ0n) is 11.0. The van der Waals surface area contributed by atoms with Crippen LogP contribution in [0.4, 0.5) is 18.9 Å². The van der Waals surface area contributed by atoms with E-state index in [1.165, 1.54) is 0 Å². The molecule has 0 spiro atoms. The quantitative estimate of drug-likeness (QED) is 0.891. The summed E-state index contributed by atoms with van der Waals surface area (Å²) < 4.78 is 37.7. The third kappa shape index (κ3) is 4.68. The average molecular weight is 310 g/mol. The van der Waals surface area contributed by atoms with E-state index in [9.17, 15) is 23.1 Å². The van der Waals surface area contributed by atoms with Gasteiger partial charge in [-0.2, -0.15) is 13.2 Å². The predicted octanol–water partition coefficient (Wildman–Crippen LogP) is 3.70. The number of halogens is 4. The van der Waals surface area contributed by atoms with Crippen LogP contribution >= 0.6 is 11.6 Å². The molecule has 0 bridgehead atoms. The first-order valence-electron chi connectivity index (χ1n) is 5.97. The maximum Gasteiger partial charge on any atom is 0.416 e. The Morgan fingerprint density at radius 1 is 1.40 bits per heavy atom. The highest BCUT2D eigenvalue weighted by Gasteiger charge is 2.31. The van der Waals surface area contributed by atoms with Crippen LogP contribution in [0.2, 0.25) is 5.02 Å². The molecule has 2 N–H and O–H groups in total. The second-order valence-electron chi connectivity index (χ2n) is 4.83. The van der Waals surface area contributed by atoms with Gasteiger partial charge in [0.05, 0.1) is 16.3 Å². The van der Waals surface area contributed by atoms with Gasteiger partial charge in [-0.05, 0) is 30.5 Å². The number of carbonyl (C=O) groups excluding carboxylic acids is 1. The molecule has 0 aliphatic rings. The van der Waals surface area contributed by atoms with Crippen molar-refractivity contribution in [3.05, 3.63) is 28.8 Å². The molecule has 1 atom stereocenters. The number of nitrogens with one attached hydrogen (secondary N) is 1. The summed E-state index contributed by atoms with van der Waals surface area (Å²) in [6.45, 7) is 3.63. The molecule has 0 aliphatic heterocycles. The standard InChI is InChI=1S/C13H15ClF3NO2/c1-7(2)5-11(19)12(20)18-10-6-8(13(15,16)17)3-4-9(10)14/h3-4,6-7,11,19H,5H2,1-2H3,(H,18,20). The second-order valence-corrected chi connectivity index (χ2v) is 5.23. The summed E-state index contributed by atoms with van der Waals surface area (Å²) in [6, 6.07) is 2.61. The van der Waals surface area contributed by atoms with Crippen molar-refractivity contribution < 1.29 is 23.1 Å². The van der Waals surface area contributed by atoms with E-state index in [-0.39, 0.29) is 23.0 Å². The van der Waals surface area contributed by atoms with Gasteiger partial charge < -0.3 is 10.4 Å². The highest BCUT2D eigenvalue weighted by atomic mass is 35.5. The molecule has 1 amide bonds. The van der Waals surface area contributed by atoms with Crippen molar-refractivity contribution >= 4 is 23.2 Å². The lowest BCUT2D eigenvalue weighted by atomic mass is 10.1. The Labute approximate surface area is 119 Å². The Bertz CT molecular complexity index is 489. The molecule has 0 fully saturated rings. The first kappa shape index (κ1) is 16.8. The van der Waals surface area contributed by atoms with Crippen molar-refractivity contribution in [1.29, 1.82) is 0 Å². The molecule has 1 rings (SSSR count). The number of hydrogen-bond donors (Lipinski definition) is 2. The van der Waals surface area contributed by atoms with Gasteiger partial charge in [0.2, 0.25) is 0 Å². The van der Waals surface area contributed by atoms with E-state index in [4.69, 9.17) is 11.6 Å². The Morgan fingerprint density at radius 2 is 2.00 bits per heavy atom. The Kier molecular flexibility index (Phi) is 5.42. The number of hydrogen-bond acceptors (Lipinski definition) is 2. The highest BCUT2D eigenvalue weighted by molar-refractivity contribution is 6.33. The summed E-state index contributed by atoms with van der Waals surface area (Å²) in [5.74, 6) is -0.701. The van der Waals surface area contributed by atoms with Crippen LogP contribution in [0.3, 0.4) is 0 Å².